The summed E-state index contributed by atoms with van der Waals surface area (Å²) in [5.74, 6) is 0. The van der Waals surface area contributed by atoms with Crippen molar-refractivity contribution in [2.75, 3.05) is 0 Å². The Morgan fingerprint density at radius 3 is 2.00 bits per heavy atom. The maximum atomic E-state index is 12.3. The molecule has 0 spiro atoms. The van der Waals surface area contributed by atoms with Gasteiger partial charge in [0.15, 0.2) is 0 Å². The van der Waals surface area contributed by atoms with Gasteiger partial charge in [0.05, 0.1) is 11.8 Å². The summed E-state index contributed by atoms with van der Waals surface area (Å²) in [6.45, 7) is 5.31. The lowest BCUT2D eigenvalue weighted by Crippen LogP contribution is -2.25. The standard InChI is InChI=1S/C12H14F3NOS/c1-11(2,3)18(17)16-8-9-4-6-10(7-5-9)12(13,14)15/h4-8H,1-3H3/t18-/m1/s1. The number of nitrogens with zero attached hydrogens (tertiary/aromatic N) is 1. The van der Waals surface area contributed by atoms with Crippen molar-refractivity contribution in [3.63, 3.8) is 0 Å². The molecule has 0 aliphatic carbocycles. The van der Waals surface area contributed by atoms with Gasteiger partial charge in [-0.05, 0) is 38.5 Å². The molecule has 0 N–H and O–H groups in total. The highest BCUT2D eigenvalue weighted by atomic mass is 32.2. The Balaban J connectivity index is 2.79. The van der Waals surface area contributed by atoms with E-state index in [0.29, 0.717) is 5.56 Å². The second-order valence-electron chi connectivity index (χ2n) is 4.72. The predicted molar refractivity (Wildman–Crippen MR) is 66.9 cm³/mol. The highest BCUT2D eigenvalue weighted by molar-refractivity contribution is 7.91. The van der Waals surface area contributed by atoms with Gasteiger partial charge in [-0.25, -0.2) is 0 Å². The van der Waals surface area contributed by atoms with Gasteiger partial charge in [-0.3, -0.25) is 0 Å². The predicted octanol–water partition coefficient (Wildman–Crippen LogP) is 3.59. The van der Waals surface area contributed by atoms with Crippen LogP contribution in [-0.2, 0) is 17.5 Å². The van der Waals surface area contributed by atoms with Gasteiger partial charge in [0.25, 0.3) is 0 Å². The molecule has 0 aromatic heterocycles. The molecule has 1 aromatic rings. The first kappa shape index (κ1) is 15.0. The molecule has 0 aliphatic rings. The number of hydrogen-bond acceptors (Lipinski definition) is 2. The van der Waals surface area contributed by atoms with Gasteiger partial charge in [0.2, 0.25) is 0 Å². The molecule has 0 saturated carbocycles. The Hall–Kier alpha value is -1.01. The second kappa shape index (κ2) is 5.32. The zero-order valence-electron chi connectivity index (χ0n) is 10.3. The van der Waals surface area contributed by atoms with Crippen LogP contribution in [0.15, 0.2) is 28.7 Å². The summed E-state index contributed by atoms with van der Waals surface area (Å²) in [6.07, 6.45) is -3.02. The molecule has 100 valence electrons. The van der Waals surface area contributed by atoms with E-state index in [1.54, 1.807) is 20.8 Å². The van der Waals surface area contributed by atoms with E-state index in [9.17, 15) is 17.7 Å². The highest BCUT2D eigenvalue weighted by Gasteiger charge is 2.30. The topological polar surface area (TPSA) is 35.4 Å². The lowest BCUT2D eigenvalue weighted by atomic mass is 10.1. The average molecular weight is 277 g/mol. The molecule has 0 radical (unpaired) electrons. The third kappa shape index (κ3) is 4.34. The SMILES string of the molecule is CC(C)(C)[S@@+]([O-])N=Cc1ccc(C(F)(F)F)cc1. The molecule has 18 heavy (non-hydrogen) atoms. The molecule has 1 aromatic carbocycles. The van der Waals surface area contributed by atoms with Crippen LogP contribution in [0.25, 0.3) is 0 Å². The maximum Gasteiger partial charge on any atom is 0.416 e. The molecule has 0 fully saturated rings. The van der Waals surface area contributed by atoms with Crippen LogP contribution in [0.3, 0.4) is 0 Å². The second-order valence-corrected chi connectivity index (χ2v) is 6.65. The number of rotatable bonds is 2. The van der Waals surface area contributed by atoms with Crippen molar-refractivity contribution in [2.24, 2.45) is 4.40 Å². The first-order valence-corrected chi connectivity index (χ1v) is 6.35. The summed E-state index contributed by atoms with van der Waals surface area (Å²) in [4.78, 5) is 0. The van der Waals surface area contributed by atoms with E-state index < -0.39 is 27.8 Å². The smallest absolute Gasteiger partial charge is 0.416 e. The minimum Gasteiger partial charge on any atom is -0.591 e. The zero-order chi connectivity index (χ0) is 14.0. The first-order valence-electron chi connectivity index (χ1n) is 5.24. The molecule has 0 unspecified atom stereocenters. The molecule has 1 rings (SSSR count). The van der Waals surface area contributed by atoms with Crippen LogP contribution in [-0.4, -0.2) is 15.5 Å². The van der Waals surface area contributed by atoms with E-state index >= 15 is 0 Å². The number of alkyl halides is 3. The number of halogens is 3. The van der Waals surface area contributed by atoms with Gasteiger partial charge < -0.3 is 4.55 Å². The summed E-state index contributed by atoms with van der Waals surface area (Å²) in [5.41, 5.74) is -0.225. The van der Waals surface area contributed by atoms with Crippen molar-refractivity contribution in [1.82, 2.24) is 0 Å². The van der Waals surface area contributed by atoms with Crippen molar-refractivity contribution >= 4 is 17.6 Å². The fourth-order valence-corrected chi connectivity index (χ4v) is 1.56. The monoisotopic (exact) mass is 277 g/mol. The highest BCUT2D eigenvalue weighted by Crippen LogP contribution is 2.28. The average Bonchev–Trinajstić information content (AvgIpc) is 2.24. The van der Waals surface area contributed by atoms with Gasteiger partial charge in [0.1, 0.15) is 16.1 Å². The Morgan fingerprint density at radius 2 is 1.61 bits per heavy atom. The number of benzene rings is 1. The van der Waals surface area contributed by atoms with Gasteiger partial charge in [0, 0.05) is 0 Å². The molecule has 0 amide bonds. The van der Waals surface area contributed by atoms with Crippen molar-refractivity contribution in [3.8, 4) is 0 Å². The lowest BCUT2D eigenvalue weighted by Gasteiger charge is -2.17. The third-order valence-corrected chi connectivity index (χ3v) is 3.40. The quantitative estimate of drug-likeness (QED) is 0.601. The molecule has 6 heteroatoms. The Bertz CT molecular complexity index is 420. The van der Waals surface area contributed by atoms with Crippen molar-refractivity contribution in [1.29, 1.82) is 0 Å². The van der Waals surface area contributed by atoms with Gasteiger partial charge >= 0.3 is 6.18 Å². The van der Waals surface area contributed by atoms with Crippen LogP contribution in [0.4, 0.5) is 13.2 Å². The number of hydrogen-bond donors (Lipinski definition) is 0. The molecule has 0 aliphatic heterocycles. The summed E-state index contributed by atoms with van der Waals surface area (Å²) >= 11 is -1.41. The fraction of sp³-hybridized carbons (Fsp3) is 0.417. The van der Waals surface area contributed by atoms with Crippen molar-refractivity contribution in [2.45, 2.75) is 31.7 Å². The first-order chi connectivity index (χ1) is 8.10. The lowest BCUT2D eigenvalue weighted by molar-refractivity contribution is -0.137. The molecule has 2 nitrogen and oxygen atoms in total. The summed E-state index contributed by atoms with van der Waals surface area (Å²) in [6, 6.07) is 4.54. The van der Waals surface area contributed by atoms with E-state index in [1.165, 1.54) is 18.3 Å². The molecule has 0 heterocycles. The van der Waals surface area contributed by atoms with Crippen LogP contribution in [0.2, 0.25) is 0 Å². The fourth-order valence-electron chi connectivity index (χ4n) is 1.03. The normalized spacial score (nSPS) is 15.1. The molecular formula is C12H14F3NOS. The zero-order valence-corrected chi connectivity index (χ0v) is 11.1. The van der Waals surface area contributed by atoms with Crippen molar-refractivity contribution in [3.05, 3.63) is 35.4 Å². The summed E-state index contributed by atoms with van der Waals surface area (Å²) in [5, 5.41) is 0. The molecule has 1 atom stereocenters. The summed E-state index contributed by atoms with van der Waals surface area (Å²) < 4.78 is 51.9. The molecule has 0 bridgehead atoms. The van der Waals surface area contributed by atoms with Crippen LogP contribution >= 0.6 is 0 Å². The molecule has 0 saturated heterocycles. The van der Waals surface area contributed by atoms with E-state index in [0.717, 1.165) is 12.1 Å². The van der Waals surface area contributed by atoms with Crippen LogP contribution in [0.1, 0.15) is 31.9 Å². The van der Waals surface area contributed by atoms with E-state index in [4.69, 9.17) is 0 Å². The Labute approximate surface area is 107 Å². The minimum absolute atomic E-state index is 0.484. The van der Waals surface area contributed by atoms with Crippen LogP contribution in [0, 0.1) is 0 Å². The van der Waals surface area contributed by atoms with E-state index in [-0.39, 0.29) is 0 Å². The molecular weight excluding hydrogens is 263 g/mol. The minimum atomic E-state index is -4.34. The van der Waals surface area contributed by atoms with Gasteiger partial charge in [-0.15, -0.1) is 0 Å². The Morgan fingerprint density at radius 1 is 1.11 bits per heavy atom. The third-order valence-electron chi connectivity index (χ3n) is 2.06. The maximum absolute atomic E-state index is 12.3. The van der Waals surface area contributed by atoms with Gasteiger partial charge in [-0.1, -0.05) is 16.5 Å². The van der Waals surface area contributed by atoms with Crippen LogP contribution in [0.5, 0.6) is 0 Å². The Kier molecular flexibility index (Phi) is 4.45. The van der Waals surface area contributed by atoms with Crippen LogP contribution < -0.4 is 0 Å². The largest absolute Gasteiger partial charge is 0.591 e. The summed E-state index contributed by atoms with van der Waals surface area (Å²) in [7, 11) is 0. The van der Waals surface area contributed by atoms with E-state index in [2.05, 4.69) is 4.40 Å². The van der Waals surface area contributed by atoms with E-state index in [1.807, 2.05) is 0 Å². The van der Waals surface area contributed by atoms with Gasteiger partial charge in [-0.2, -0.15) is 13.2 Å². The van der Waals surface area contributed by atoms with Crippen molar-refractivity contribution < 1.29 is 17.7 Å².